The van der Waals surface area contributed by atoms with Gasteiger partial charge in [-0.3, -0.25) is 4.79 Å². The van der Waals surface area contributed by atoms with Gasteiger partial charge in [-0.05, 0) is 23.3 Å². The highest BCUT2D eigenvalue weighted by atomic mass is 32.2. The van der Waals surface area contributed by atoms with E-state index in [0.717, 1.165) is 22.1 Å². The Balaban J connectivity index is 1.77. The first-order valence-corrected chi connectivity index (χ1v) is 12.2. The first-order chi connectivity index (χ1) is 15.2. The molecule has 2 aromatic carbocycles. The molecule has 0 aliphatic carbocycles. The lowest BCUT2D eigenvalue weighted by molar-refractivity contribution is -0.129. The van der Waals surface area contributed by atoms with E-state index >= 15 is 0 Å². The summed E-state index contributed by atoms with van der Waals surface area (Å²) in [5.74, 6) is -1.33. The Kier molecular flexibility index (Phi) is 5.57. The number of carbonyl (C=O) groups is 2. The number of amides is 3. The minimum absolute atomic E-state index is 0.202. The minimum Gasteiger partial charge on any atom is -0.442 e. The van der Waals surface area contributed by atoms with E-state index in [0.29, 0.717) is 10.5 Å². The zero-order chi connectivity index (χ0) is 23.0. The molecule has 1 aliphatic heterocycles. The topological polar surface area (TPSA) is 144 Å². The van der Waals surface area contributed by atoms with Crippen molar-refractivity contribution < 1.29 is 22.7 Å². The van der Waals surface area contributed by atoms with Gasteiger partial charge in [0, 0.05) is 13.3 Å². The van der Waals surface area contributed by atoms with Gasteiger partial charge in [0.25, 0.3) is 12.1 Å². The third-order valence-corrected chi connectivity index (χ3v) is 7.23. The summed E-state index contributed by atoms with van der Waals surface area (Å²) in [6, 6.07) is 14.6. The molecule has 0 spiro atoms. The van der Waals surface area contributed by atoms with Crippen LogP contribution in [0.1, 0.15) is 10.3 Å². The summed E-state index contributed by atoms with van der Waals surface area (Å²) in [6.45, 7) is 0. The van der Waals surface area contributed by atoms with Gasteiger partial charge in [0.15, 0.2) is 15.1 Å². The van der Waals surface area contributed by atoms with Crippen molar-refractivity contribution in [1.29, 1.82) is 0 Å². The van der Waals surface area contributed by atoms with E-state index < -0.39 is 33.3 Å². The molecule has 1 aromatic heterocycles. The molecule has 0 bridgehead atoms. The van der Waals surface area contributed by atoms with Crippen molar-refractivity contribution in [3.63, 3.8) is 0 Å². The summed E-state index contributed by atoms with van der Waals surface area (Å²) in [5, 5.41) is 5.72. The maximum Gasteiger partial charge on any atom is 0.341 e. The number of nitrogens with zero attached hydrogens (tertiary/aromatic N) is 3. The second kappa shape index (κ2) is 8.20. The molecule has 1 aliphatic rings. The van der Waals surface area contributed by atoms with Crippen molar-refractivity contribution in [2.24, 2.45) is 10.8 Å². The molecule has 3 aromatic rings. The summed E-state index contributed by atoms with van der Waals surface area (Å²) in [7, 11) is -2.50. The van der Waals surface area contributed by atoms with Crippen molar-refractivity contribution >= 4 is 49.2 Å². The van der Waals surface area contributed by atoms with E-state index in [4.69, 9.17) is 10.5 Å². The number of primary amides is 1. The normalized spacial score (nSPS) is 17.0. The Morgan fingerprint density at radius 2 is 1.91 bits per heavy atom. The van der Waals surface area contributed by atoms with Gasteiger partial charge in [0.2, 0.25) is 5.90 Å². The fraction of sp³-hybridized carbons (Fsp3) is 0.200. The third-order valence-electron chi connectivity index (χ3n) is 4.71. The van der Waals surface area contributed by atoms with Gasteiger partial charge in [-0.2, -0.15) is 5.01 Å². The Bertz CT molecular complexity index is 1340. The highest BCUT2D eigenvalue weighted by molar-refractivity contribution is 7.91. The van der Waals surface area contributed by atoms with Crippen LogP contribution in [0.5, 0.6) is 0 Å². The predicted octanol–water partition coefficient (Wildman–Crippen LogP) is 1.85. The average Bonchev–Trinajstić information content (AvgIpc) is 3.37. The van der Waals surface area contributed by atoms with Crippen molar-refractivity contribution in [2.75, 3.05) is 13.3 Å². The maximum absolute atomic E-state index is 12.7. The third kappa shape index (κ3) is 4.01. The number of ether oxygens (including phenoxy) is 1. The lowest BCUT2D eigenvalue weighted by Gasteiger charge is -2.16. The fourth-order valence-corrected chi connectivity index (χ4v) is 5.78. The number of carbonyl (C=O) groups excluding carboxylic acids is 2. The molecule has 0 fully saturated rings. The Morgan fingerprint density at radius 1 is 1.19 bits per heavy atom. The molecule has 3 amide bonds. The second-order valence-corrected chi connectivity index (χ2v) is 10.2. The molecule has 2 unspecified atom stereocenters. The number of hydrogen-bond acceptors (Lipinski definition) is 8. The zero-order valence-electron chi connectivity index (χ0n) is 17.1. The molecule has 32 heavy (non-hydrogen) atoms. The van der Waals surface area contributed by atoms with Gasteiger partial charge in [0.1, 0.15) is 5.01 Å². The van der Waals surface area contributed by atoms with E-state index in [-0.39, 0.29) is 10.9 Å². The van der Waals surface area contributed by atoms with Crippen molar-refractivity contribution in [2.45, 2.75) is 11.5 Å². The smallest absolute Gasteiger partial charge is 0.341 e. The highest BCUT2D eigenvalue weighted by Gasteiger charge is 2.44. The Morgan fingerprint density at radius 3 is 2.53 bits per heavy atom. The number of nitrogens with two attached hydrogens (primary N) is 1. The van der Waals surface area contributed by atoms with Crippen LogP contribution in [-0.2, 0) is 19.4 Å². The number of rotatable bonds is 5. The van der Waals surface area contributed by atoms with E-state index in [1.807, 2.05) is 42.5 Å². The zero-order valence-corrected chi connectivity index (χ0v) is 18.7. The van der Waals surface area contributed by atoms with Gasteiger partial charge >= 0.3 is 6.03 Å². The molecule has 12 heteroatoms. The van der Waals surface area contributed by atoms with Crippen molar-refractivity contribution in [1.82, 2.24) is 15.3 Å². The van der Waals surface area contributed by atoms with Crippen LogP contribution in [0.15, 0.2) is 53.6 Å². The number of urea groups is 1. The number of thiazole rings is 1. The van der Waals surface area contributed by atoms with Crippen LogP contribution in [0, 0.1) is 0 Å². The maximum atomic E-state index is 12.7. The number of hydrazone groups is 1. The quantitative estimate of drug-likeness (QED) is 0.579. The largest absolute Gasteiger partial charge is 0.442 e. The number of sulfone groups is 1. The molecule has 10 nitrogen and oxygen atoms in total. The number of fused-ring (bicyclic) bond motifs is 1. The van der Waals surface area contributed by atoms with Gasteiger partial charge in [0.05, 0.1) is 10.2 Å². The first-order valence-electron chi connectivity index (χ1n) is 9.39. The van der Waals surface area contributed by atoms with Gasteiger partial charge in [-0.1, -0.05) is 36.4 Å². The molecule has 0 radical (unpaired) electrons. The van der Waals surface area contributed by atoms with E-state index in [1.165, 1.54) is 18.4 Å². The van der Waals surface area contributed by atoms with Crippen LogP contribution in [0.2, 0.25) is 0 Å². The molecule has 166 valence electrons. The van der Waals surface area contributed by atoms with Gasteiger partial charge < -0.3 is 15.8 Å². The molecule has 4 rings (SSSR count). The number of aromatic nitrogens is 1. The van der Waals surface area contributed by atoms with Crippen LogP contribution in [-0.4, -0.2) is 55.8 Å². The number of nitrogens with one attached hydrogen (secondary N) is 1. The average molecular weight is 474 g/mol. The monoisotopic (exact) mass is 473 g/mol. The van der Waals surface area contributed by atoms with Crippen LogP contribution < -0.4 is 11.1 Å². The molecular formula is C20H19N5O5S2. The Hall–Kier alpha value is -3.51. The molecule has 2 heterocycles. The van der Waals surface area contributed by atoms with E-state index in [9.17, 15) is 18.0 Å². The lowest BCUT2D eigenvalue weighted by Crippen LogP contribution is -2.46. The van der Waals surface area contributed by atoms with Crippen LogP contribution >= 0.6 is 11.3 Å². The predicted molar refractivity (Wildman–Crippen MR) is 120 cm³/mol. The fourth-order valence-electron chi connectivity index (χ4n) is 3.24. The summed E-state index contributed by atoms with van der Waals surface area (Å²) >= 11 is 1.17. The molecule has 2 atom stereocenters. The molecule has 3 N–H and O–H groups in total. The molecule has 0 saturated heterocycles. The summed E-state index contributed by atoms with van der Waals surface area (Å²) < 4.78 is 31.5. The first kappa shape index (κ1) is 21.7. The summed E-state index contributed by atoms with van der Waals surface area (Å²) in [6.07, 6.45) is -0.555. The summed E-state index contributed by atoms with van der Waals surface area (Å²) in [4.78, 5) is 28.3. The van der Waals surface area contributed by atoms with Gasteiger partial charge in [-0.25, -0.2) is 18.2 Å². The minimum atomic E-state index is -3.83. The lowest BCUT2D eigenvalue weighted by atomic mass is 10.1. The van der Waals surface area contributed by atoms with Crippen LogP contribution in [0.25, 0.3) is 21.3 Å². The van der Waals surface area contributed by atoms with Gasteiger partial charge in [-0.15, -0.1) is 16.4 Å². The SMILES string of the molecule is CNC(=O)N1N=C(C(c2nc3ccc(-c4ccccc4)cc3s2)S(C)(=O)=O)OC1C(N)=O. The van der Waals surface area contributed by atoms with Crippen LogP contribution in [0.4, 0.5) is 4.79 Å². The number of benzene rings is 2. The number of hydrogen-bond donors (Lipinski definition) is 2. The molecular weight excluding hydrogens is 454 g/mol. The Labute approximate surface area is 187 Å². The second-order valence-electron chi connectivity index (χ2n) is 7.02. The molecule has 0 saturated carbocycles. The van der Waals surface area contributed by atoms with E-state index in [2.05, 4.69) is 15.4 Å². The summed E-state index contributed by atoms with van der Waals surface area (Å²) in [5.41, 5.74) is 7.87. The van der Waals surface area contributed by atoms with E-state index in [1.54, 1.807) is 6.07 Å². The van der Waals surface area contributed by atoms with Crippen molar-refractivity contribution in [3.05, 3.63) is 53.5 Å². The highest BCUT2D eigenvalue weighted by Crippen LogP contribution is 2.36. The standard InChI is InChI=1S/C20H19N5O5S2/c1-22-20(27)25-19(16(21)26)30-17(24-25)15(32(2,28)29)18-23-13-9-8-12(10-14(13)31-18)11-6-4-3-5-7-11/h3-10,15,19H,1-2H3,(H2,21,26)(H,22,27). The van der Waals surface area contributed by atoms with Crippen molar-refractivity contribution in [3.8, 4) is 11.1 Å². The van der Waals surface area contributed by atoms with Crippen LogP contribution in [0.3, 0.4) is 0 Å².